The Balaban J connectivity index is 2.04. The number of urea groups is 1. The van der Waals surface area contributed by atoms with Gasteiger partial charge in [-0.3, -0.25) is 4.79 Å². The Morgan fingerprint density at radius 2 is 2.20 bits per heavy atom. The van der Waals surface area contributed by atoms with Crippen LogP contribution in [0.1, 0.15) is 24.9 Å². The first-order valence-corrected chi connectivity index (χ1v) is 6.01. The number of hydrogen-bond acceptors (Lipinski definition) is 3. The highest BCUT2D eigenvalue weighted by Gasteiger charge is 2.45. The molecule has 2 N–H and O–H groups in total. The fourth-order valence-electron chi connectivity index (χ4n) is 1.98. The summed E-state index contributed by atoms with van der Waals surface area (Å²) < 4.78 is 13.1. The van der Waals surface area contributed by atoms with Gasteiger partial charge in [-0.25, -0.2) is 18.9 Å². The lowest BCUT2D eigenvalue weighted by atomic mass is 10.0. The van der Waals surface area contributed by atoms with Crippen LogP contribution < -0.4 is 5.32 Å². The number of aliphatic carboxylic acids is 1. The van der Waals surface area contributed by atoms with Gasteiger partial charge in [-0.05, 0) is 24.6 Å². The Bertz CT molecular complexity index is 575. The summed E-state index contributed by atoms with van der Waals surface area (Å²) in [5, 5.41) is 11.3. The van der Waals surface area contributed by atoms with E-state index in [9.17, 15) is 18.8 Å². The molecule has 1 saturated heterocycles. The van der Waals surface area contributed by atoms with E-state index in [2.05, 4.69) is 5.32 Å². The molecule has 0 bridgehead atoms. The number of rotatable bonds is 3. The van der Waals surface area contributed by atoms with E-state index in [1.807, 2.05) is 0 Å². The highest BCUT2D eigenvalue weighted by molar-refractivity contribution is 6.05. The molecule has 1 fully saturated rings. The number of carboxylic acids is 1. The molecule has 1 aromatic carbocycles. The summed E-state index contributed by atoms with van der Waals surface area (Å²) >= 11 is 0. The van der Waals surface area contributed by atoms with Gasteiger partial charge in [0.1, 0.15) is 11.9 Å². The van der Waals surface area contributed by atoms with Gasteiger partial charge in [0.2, 0.25) is 5.91 Å². The summed E-state index contributed by atoms with van der Waals surface area (Å²) in [6.45, 7) is 1.62. The van der Waals surface area contributed by atoms with Crippen molar-refractivity contribution in [2.45, 2.75) is 25.4 Å². The minimum atomic E-state index is -1.22. The van der Waals surface area contributed by atoms with Crippen molar-refractivity contribution in [2.24, 2.45) is 0 Å². The molecule has 0 spiro atoms. The predicted molar refractivity (Wildman–Crippen MR) is 66.2 cm³/mol. The number of amides is 3. The molecular formula is C13H13FN2O4. The molecule has 3 amide bonds. The van der Waals surface area contributed by atoms with E-state index in [4.69, 9.17) is 5.11 Å². The van der Waals surface area contributed by atoms with E-state index in [1.165, 1.54) is 18.2 Å². The van der Waals surface area contributed by atoms with Crippen molar-refractivity contribution in [1.29, 1.82) is 0 Å². The smallest absolute Gasteiger partial charge is 0.327 e. The zero-order valence-electron chi connectivity index (χ0n) is 10.7. The largest absolute Gasteiger partial charge is 0.480 e. The quantitative estimate of drug-likeness (QED) is 0.817. The number of benzene rings is 1. The standard InChI is InChI=1S/C13H13FN2O4/c1-7(8-3-2-4-9(14)5-8)15-13(20)16-10(12(18)19)6-11(16)17/h2-5,7,10H,6H2,1H3,(H,15,20)(H,18,19). The first kappa shape index (κ1) is 14.0. The van der Waals surface area contributed by atoms with Crippen molar-refractivity contribution in [3.63, 3.8) is 0 Å². The molecule has 0 radical (unpaired) electrons. The van der Waals surface area contributed by atoms with E-state index in [1.54, 1.807) is 13.0 Å². The number of likely N-dealkylation sites (tertiary alicyclic amines) is 1. The van der Waals surface area contributed by atoms with Crippen LogP contribution in [0.2, 0.25) is 0 Å². The van der Waals surface area contributed by atoms with Gasteiger partial charge in [0.05, 0.1) is 12.5 Å². The van der Waals surface area contributed by atoms with E-state index in [0.29, 0.717) is 10.5 Å². The monoisotopic (exact) mass is 280 g/mol. The summed E-state index contributed by atoms with van der Waals surface area (Å²) in [4.78, 5) is 34.6. The lowest BCUT2D eigenvalue weighted by Crippen LogP contribution is -2.61. The van der Waals surface area contributed by atoms with Gasteiger partial charge in [-0.1, -0.05) is 12.1 Å². The molecular weight excluding hydrogens is 267 g/mol. The van der Waals surface area contributed by atoms with Crippen LogP contribution in [-0.2, 0) is 9.59 Å². The second kappa shape index (κ2) is 5.28. The van der Waals surface area contributed by atoms with Crippen LogP contribution in [-0.4, -0.2) is 34.0 Å². The van der Waals surface area contributed by atoms with Crippen molar-refractivity contribution in [1.82, 2.24) is 10.2 Å². The Morgan fingerprint density at radius 1 is 1.50 bits per heavy atom. The van der Waals surface area contributed by atoms with Crippen molar-refractivity contribution in [3.05, 3.63) is 35.6 Å². The molecule has 0 saturated carbocycles. The van der Waals surface area contributed by atoms with Gasteiger partial charge in [-0.2, -0.15) is 0 Å². The van der Waals surface area contributed by atoms with Crippen molar-refractivity contribution in [3.8, 4) is 0 Å². The maximum Gasteiger partial charge on any atom is 0.327 e. The van der Waals surface area contributed by atoms with Crippen molar-refractivity contribution < 1.29 is 23.9 Å². The van der Waals surface area contributed by atoms with Crippen molar-refractivity contribution >= 4 is 17.9 Å². The molecule has 2 unspecified atom stereocenters. The minimum Gasteiger partial charge on any atom is -0.480 e. The van der Waals surface area contributed by atoms with E-state index in [-0.39, 0.29) is 6.42 Å². The maximum absolute atomic E-state index is 13.1. The molecule has 106 valence electrons. The third-order valence-corrected chi connectivity index (χ3v) is 3.14. The normalized spacial score (nSPS) is 19.2. The first-order chi connectivity index (χ1) is 9.40. The average molecular weight is 280 g/mol. The highest BCUT2D eigenvalue weighted by Crippen LogP contribution is 2.21. The van der Waals surface area contributed by atoms with Crippen LogP contribution in [0.4, 0.5) is 9.18 Å². The van der Waals surface area contributed by atoms with E-state index < -0.39 is 35.8 Å². The molecule has 1 aromatic rings. The SMILES string of the molecule is CC(NC(=O)N1C(=O)CC1C(=O)O)c1cccc(F)c1. The van der Waals surface area contributed by atoms with Gasteiger partial charge in [-0.15, -0.1) is 0 Å². The molecule has 1 heterocycles. The van der Waals surface area contributed by atoms with Gasteiger partial charge >= 0.3 is 12.0 Å². The minimum absolute atomic E-state index is 0.183. The van der Waals surface area contributed by atoms with Gasteiger partial charge in [0.15, 0.2) is 0 Å². The fourth-order valence-corrected chi connectivity index (χ4v) is 1.98. The summed E-state index contributed by atoms with van der Waals surface area (Å²) in [5.41, 5.74) is 0.526. The van der Waals surface area contributed by atoms with Gasteiger partial charge in [0, 0.05) is 0 Å². The Morgan fingerprint density at radius 3 is 2.75 bits per heavy atom. The molecule has 7 heteroatoms. The summed E-state index contributed by atoms with van der Waals surface area (Å²) in [7, 11) is 0. The number of imide groups is 1. The second-order valence-corrected chi connectivity index (χ2v) is 4.55. The van der Waals surface area contributed by atoms with Gasteiger partial charge < -0.3 is 10.4 Å². The van der Waals surface area contributed by atoms with Crippen LogP contribution >= 0.6 is 0 Å². The number of nitrogens with one attached hydrogen (secondary N) is 1. The summed E-state index contributed by atoms with van der Waals surface area (Å²) in [5.74, 6) is -2.20. The summed E-state index contributed by atoms with van der Waals surface area (Å²) in [6.07, 6.45) is -0.183. The Kier molecular flexibility index (Phi) is 3.69. The summed E-state index contributed by atoms with van der Waals surface area (Å²) in [6, 6.07) is 3.21. The zero-order chi connectivity index (χ0) is 14.9. The lowest BCUT2D eigenvalue weighted by molar-refractivity contribution is -0.157. The Labute approximate surface area is 114 Å². The van der Waals surface area contributed by atoms with E-state index >= 15 is 0 Å². The van der Waals surface area contributed by atoms with Crippen LogP contribution in [0, 0.1) is 5.82 Å². The van der Waals surface area contributed by atoms with Crippen LogP contribution in [0.5, 0.6) is 0 Å². The number of carboxylic acid groups (broad SMARTS) is 1. The van der Waals surface area contributed by atoms with Crippen LogP contribution in [0.25, 0.3) is 0 Å². The van der Waals surface area contributed by atoms with Crippen LogP contribution in [0.3, 0.4) is 0 Å². The first-order valence-electron chi connectivity index (χ1n) is 6.01. The number of nitrogens with zero attached hydrogens (tertiary/aromatic N) is 1. The molecule has 0 aromatic heterocycles. The molecule has 2 atom stereocenters. The zero-order valence-corrected chi connectivity index (χ0v) is 10.7. The molecule has 1 aliphatic rings. The second-order valence-electron chi connectivity index (χ2n) is 4.55. The third kappa shape index (κ3) is 2.61. The molecule has 2 rings (SSSR count). The number of halogens is 1. The number of carbonyl (C=O) groups excluding carboxylic acids is 2. The molecule has 0 aliphatic carbocycles. The number of hydrogen-bond donors (Lipinski definition) is 2. The molecule has 1 aliphatic heterocycles. The highest BCUT2D eigenvalue weighted by atomic mass is 19.1. The molecule has 20 heavy (non-hydrogen) atoms. The lowest BCUT2D eigenvalue weighted by Gasteiger charge is -2.36. The predicted octanol–water partition coefficient (Wildman–Crippen LogP) is 1.28. The van der Waals surface area contributed by atoms with Crippen molar-refractivity contribution in [2.75, 3.05) is 0 Å². The maximum atomic E-state index is 13.1. The molecule has 6 nitrogen and oxygen atoms in total. The topological polar surface area (TPSA) is 86.7 Å². The van der Waals surface area contributed by atoms with Gasteiger partial charge in [0.25, 0.3) is 0 Å². The Hall–Kier alpha value is -2.44. The third-order valence-electron chi connectivity index (χ3n) is 3.14. The number of β-lactam (4-membered cyclic amide) rings is 1. The van der Waals surface area contributed by atoms with Crippen LogP contribution in [0.15, 0.2) is 24.3 Å². The number of carbonyl (C=O) groups is 3. The van der Waals surface area contributed by atoms with E-state index in [0.717, 1.165) is 0 Å². The average Bonchev–Trinajstić information content (AvgIpc) is 2.35. The fraction of sp³-hybridized carbons (Fsp3) is 0.308.